The fraction of sp³-hybridized carbons (Fsp3) is 0.714. The van der Waals surface area contributed by atoms with E-state index in [0.717, 1.165) is 24.2 Å². The first-order valence-corrected chi connectivity index (χ1v) is 10.3. The number of rotatable bonds is 8. The van der Waals surface area contributed by atoms with Gasteiger partial charge in [0.1, 0.15) is 5.01 Å². The molecule has 1 aromatic rings. The molecule has 0 spiro atoms. The highest BCUT2D eigenvalue weighted by atomic mass is 32.2. The number of hydrogen-bond donors (Lipinski definition) is 3. The monoisotopic (exact) mass is 361 g/mol. The fourth-order valence-corrected chi connectivity index (χ4v) is 3.78. The summed E-state index contributed by atoms with van der Waals surface area (Å²) < 4.78 is 25.3. The minimum Gasteiger partial charge on any atom is -0.357 e. The summed E-state index contributed by atoms with van der Waals surface area (Å²) in [5.41, 5.74) is -0.611. The summed E-state index contributed by atoms with van der Waals surface area (Å²) in [5, 5.41) is 7.28. The van der Waals surface area contributed by atoms with Crippen molar-refractivity contribution in [3.63, 3.8) is 0 Å². The van der Waals surface area contributed by atoms with Gasteiger partial charge in [-0.2, -0.15) is 0 Å². The molecule has 0 amide bonds. The lowest BCUT2D eigenvalue weighted by Crippen LogP contribution is -2.53. The van der Waals surface area contributed by atoms with Gasteiger partial charge in [-0.3, -0.25) is 0 Å². The summed E-state index contributed by atoms with van der Waals surface area (Å²) in [5.74, 6) is 0.643. The second-order valence-corrected chi connectivity index (χ2v) is 8.83. The SMILES string of the molecule is CCNC(=NCc1ncc(CC)s1)NCC(C)(C)NS(C)(=O)=O. The van der Waals surface area contributed by atoms with Crippen LogP contribution in [0.1, 0.15) is 37.6 Å². The van der Waals surface area contributed by atoms with Gasteiger partial charge in [0.2, 0.25) is 10.0 Å². The lowest BCUT2D eigenvalue weighted by molar-refractivity contribution is 0.446. The Morgan fingerprint density at radius 3 is 2.57 bits per heavy atom. The number of sulfonamides is 1. The van der Waals surface area contributed by atoms with E-state index in [1.165, 1.54) is 4.88 Å². The molecular weight excluding hydrogens is 334 g/mol. The maximum absolute atomic E-state index is 11.4. The van der Waals surface area contributed by atoms with Crippen molar-refractivity contribution in [2.75, 3.05) is 19.3 Å². The Bertz CT molecular complexity index is 623. The average molecular weight is 362 g/mol. The molecule has 0 aliphatic rings. The predicted molar refractivity (Wildman–Crippen MR) is 96.4 cm³/mol. The quantitative estimate of drug-likeness (QED) is 0.476. The lowest BCUT2D eigenvalue weighted by Gasteiger charge is -2.26. The van der Waals surface area contributed by atoms with E-state index in [0.29, 0.717) is 19.0 Å². The minimum absolute atomic E-state index is 0.421. The van der Waals surface area contributed by atoms with Crippen molar-refractivity contribution < 1.29 is 8.42 Å². The highest BCUT2D eigenvalue weighted by molar-refractivity contribution is 7.88. The molecule has 1 aromatic heterocycles. The van der Waals surface area contributed by atoms with Gasteiger partial charge in [-0.1, -0.05) is 6.92 Å². The van der Waals surface area contributed by atoms with Crippen molar-refractivity contribution in [3.05, 3.63) is 16.1 Å². The van der Waals surface area contributed by atoms with Crippen LogP contribution in [0.2, 0.25) is 0 Å². The third kappa shape index (κ3) is 8.29. The normalized spacial score (nSPS) is 13.2. The standard InChI is InChI=1S/C14H27N5O2S2/c1-6-11-8-16-12(22-11)9-17-13(15-7-2)18-10-14(3,4)19-23(5,20)21/h8,19H,6-7,9-10H2,1-5H3,(H2,15,17,18). The third-order valence-electron chi connectivity index (χ3n) is 2.83. The van der Waals surface area contributed by atoms with Crippen LogP contribution < -0.4 is 15.4 Å². The molecule has 0 aliphatic carbocycles. The van der Waals surface area contributed by atoms with Crippen molar-refractivity contribution in [2.24, 2.45) is 4.99 Å². The molecule has 7 nitrogen and oxygen atoms in total. The van der Waals surface area contributed by atoms with Crippen LogP contribution in [-0.4, -0.2) is 44.2 Å². The average Bonchev–Trinajstić information content (AvgIpc) is 2.87. The minimum atomic E-state index is -3.26. The number of aryl methyl sites for hydroxylation is 1. The van der Waals surface area contributed by atoms with Gasteiger partial charge in [-0.15, -0.1) is 11.3 Å². The van der Waals surface area contributed by atoms with Crippen LogP contribution in [0, 0.1) is 0 Å². The molecule has 0 aliphatic heterocycles. The van der Waals surface area contributed by atoms with E-state index in [1.807, 2.05) is 27.0 Å². The molecule has 0 unspecified atom stereocenters. The number of nitrogens with zero attached hydrogens (tertiary/aromatic N) is 2. The molecule has 0 atom stereocenters. The van der Waals surface area contributed by atoms with Gasteiger partial charge in [0, 0.05) is 29.7 Å². The summed E-state index contributed by atoms with van der Waals surface area (Å²) >= 11 is 1.66. The molecule has 0 fully saturated rings. The van der Waals surface area contributed by atoms with Gasteiger partial charge in [-0.25, -0.2) is 23.1 Å². The molecule has 0 saturated carbocycles. The first-order chi connectivity index (χ1) is 10.6. The number of hydrogen-bond acceptors (Lipinski definition) is 5. The van der Waals surface area contributed by atoms with Crippen LogP contribution in [0.3, 0.4) is 0 Å². The predicted octanol–water partition coefficient (Wildman–Crippen LogP) is 1.09. The number of aliphatic imine (C=N–C) groups is 1. The zero-order chi connectivity index (χ0) is 17.5. The Labute approximate surface area is 143 Å². The molecule has 9 heteroatoms. The number of thiazole rings is 1. The van der Waals surface area contributed by atoms with E-state index in [4.69, 9.17) is 0 Å². The van der Waals surface area contributed by atoms with Gasteiger partial charge < -0.3 is 10.6 Å². The van der Waals surface area contributed by atoms with Crippen LogP contribution >= 0.6 is 11.3 Å². The Morgan fingerprint density at radius 2 is 2.04 bits per heavy atom. The highest BCUT2D eigenvalue weighted by Gasteiger charge is 2.22. The first-order valence-electron chi connectivity index (χ1n) is 7.60. The fourth-order valence-electron chi connectivity index (χ4n) is 1.92. The Kier molecular flexibility index (Phi) is 7.43. The summed E-state index contributed by atoms with van der Waals surface area (Å²) in [6.45, 7) is 9.37. The summed E-state index contributed by atoms with van der Waals surface area (Å²) in [6.07, 6.45) is 4.02. The second kappa shape index (κ2) is 8.60. The molecule has 0 saturated heterocycles. The maximum atomic E-state index is 11.4. The Hall–Kier alpha value is -1.19. The van der Waals surface area contributed by atoms with Gasteiger partial charge in [0.05, 0.1) is 12.8 Å². The van der Waals surface area contributed by atoms with Crippen LogP contribution in [0.25, 0.3) is 0 Å². The molecule has 1 heterocycles. The molecule has 23 heavy (non-hydrogen) atoms. The van der Waals surface area contributed by atoms with Crippen molar-refractivity contribution in [3.8, 4) is 0 Å². The van der Waals surface area contributed by atoms with Crippen molar-refractivity contribution >= 4 is 27.3 Å². The Balaban J connectivity index is 2.65. The maximum Gasteiger partial charge on any atom is 0.209 e. The molecule has 0 aromatic carbocycles. The number of aromatic nitrogens is 1. The molecular formula is C14H27N5O2S2. The van der Waals surface area contributed by atoms with Crippen LogP contribution in [0.4, 0.5) is 0 Å². The topological polar surface area (TPSA) is 95.5 Å². The molecule has 0 radical (unpaired) electrons. The van der Waals surface area contributed by atoms with Crippen LogP contribution in [0.5, 0.6) is 0 Å². The van der Waals surface area contributed by atoms with Gasteiger partial charge in [0.15, 0.2) is 5.96 Å². The van der Waals surface area contributed by atoms with E-state index in [1.54, 1.807) is 11.3 Å². The zero-order valence-corrected chi connectivity index (χ0v) is 16.1. The van der Waals surface area contributed by atoms with E-state index < -0.39 is 15.6 Å². The number of nitrogens with one attached hydrogen (secondary N) is 3. The van der Waals surface area contributed by atoms with Crippen molar-refractivity contribution in [1.82, 2.24) is 20.3 Å². The van der Waals surface area contributed by atoms with E-state index >= 15 is 0 Å². The van der Waals surface area contributed by atoms with E-state index in [2.05, 4.69) is 32.3 Å². The van der Waals surface area contributed by atoms with Crippen LogP contribution in [-0.2, 0) is 23.0 Å². The van der Waals surface area contributed by atoms with Crippen LogP contribution in [0.15, 0.2) is 11.2 Å². The van der Waals surface area contributed by atoms with E-state index in [9.17, 15) is 8.42 Å². The molecule has 1 rings (SSSR count). The second-order valence-electron chi connectivity index (χ2n) is 5.88. The molecule has 132 valence electrons. The first kappa shape index (κ1) is 19.9. The summed E-state index contributed by atoms with van der Waals surface area (Å²) in [6, 6.07) is 0. The Morgan fingerprint density at radius 1 is 1.35 bits per heavy atom. The molecule has 0 bridgehead atoms. The smallest absolute Gasteiger partial charge is 0.209 e. The zero-order valence-electron chi connectivity index (χ0n) is 14.4. The van der Waals surface area contributed by atoms with Gasteiger partial charge in [-0.05, 0) is 27.2 Å². The van der Waals surface area contributed by atoms with E-state index in [-0.39, 0.29) is 0 Å². The molecule has 3 N–H and O–H groups in total. The van der Waals surface area contributed by atoms with Gasteiger partial charge >= 0.3 is 0 Å². The lowest BCUT2D eigenvalue weighted by atomic mass is 10.1. The van der Waals surface area contributed by atoms with Crippen molar-refractivity contribution in [1.29, 1.82) is 0 Å². The van der Waals surface area contributed by atoms with Gasteiger partial charge in [0.25, 0.3) is 0 Å². The summed E-state index contributed by atoms with van der Waals surface area (Å²) in [7, 11) is -3.26. The largest absolute Gasteiger partial charge is 0.357 e. The number of guanidine groups is 1. The summed E-state index contributed by atoms with van der Waals surface area (Å²) in [4.78, 5) is 10.1. The highest BCUT2D eigenvalue weighted by Crippen LogP contribution is 2.14. The third-order valence-corrected chi connectivity index (χ3v) is 4.88. The van der Waals surface area contributed by atoms with Crippen molar-refractivity contribution in [2.45, 2.75) is 46.2 Å².